The quantitative estimate of drug-likeness (QED) is 0.740. The van der Waals surface area contributed by atoms with Crippen molar-refractivity contribution in [2.45, 2.75) is 25.9 Å². The van der Waals surface area contributed by atoms with Crippen LogP contribution in [0.25, 0.3) is 11.1 Å². The minimum absolute atomic E-state index is 0.0133. The molecule has 2 aromatic carbocycles. The Hall–Kier alpha value is -2.50. The SMILES string of the molecule is CC(=O)c1ccccc1-c1ccc(C(=O)NC[C@@H](O)CN2CCCC2)cc1. The van der Waals surface area contributed by atoms with Crippen molar-refractivity contribution in [1.29, 1.82) is 0 Å². The molecule has 0 aliphatic carbocycles. The maximum absolute atomic E-state index is 12.3. The second kappa shape index (κ2) is 8.93. The molecule has 3 rings (SSSR count). The van der Waals surface area contributed by atoms with Crippen molar-refractivity contribution in [3.63, 3.8) is 0 Å². The smallest absolute Gasteiger partial charge is 0.251 e. The van der Waals surface area contributed by atoms with Crippen molar-refractivity contribution >= 4 is 11.7 Å². The highest BCUT2D eigenvalue weighted by Gasteiger charge is 2.16. The molecule has 0 radical (unpaired) electrons. The number of Topliss-reactive ketones (excluding diaryl/α,β-unsaturated/α-hetero) is 1. The summed E-state index contributed by atoms with van der Waals surface area (Å²) >= 11 is 0. The highest BCUT2D eigenvalue weighted by atomic mass is 16.3. The van der Waals surface area contributed by atoms with Crippen molar-refractivity contribution in [3.05, 3.63) is 59.7 Å². The number of hydrogen-bond acceptors (Lipinski definition) is 4. The van der Waals surface area contributed by atoms with Crippen LogP contribution < -0.4 is 5.32 Å². The number of hydrogen-bond donors (Lipinski definition) is 2. The van der Waals surface area contributed by atoms with Crippen molar-refractivity contribution < 1.29 is 14.7 Å². The maximum Gasteiger partial charge on any atom is 0.251 e. The summed E-state index contributed by atoms with van der Waals surface area (Å²) in [6.45, 7) is 4.43. The summed E-state index contributed by atoms with van der Waals surface area (Å²) in [5.74, 6) is -0.193. The first-order chi connectivity index (χ1) is 13.0. The summed E-state index contributed by atoms with van der Waals surface area (Å²) in [5.41, 5.74) is 2.96. The molecule has 1 amide bonds. The largest absolute Gasteiger partial charge is 0.390 e. The summed E-state index contributed by atoms with van der Waals surface area (Å²) in [6.07, 6.45) is 1.80. The lowest BCUT2D eigenvalue weighted by atomic mass is 9.97. The van der Waals surface area contributed by atoms with E-state index < -0.39 is 6.10 Å². The molecule has 5 heteroatoms. The number of nitrogens with zero attached hydrogens (tertiary/aromatic N) is 1. The van der Waals surface area contributed by atoms with Gasteiger partial charge in [0.2, 0.25) is 0 Å². The lowest BCUT2D eigenvalue weighted by Gasteiger charge is -2.19. The van der Waals surface area contributed by atoms with Gasteiger partial charge in [0.05, 0.1) is 6.10 Å². The van der Waals surface area contributed by atoms with E-state index in [0.29, 0.717) is 17.7 Å². The molecule has 27 heavy (non-hydrogen) atoms. The number of carbonyl (C=O) groups is 2. The number of β-amino-alcohol motifs (C(OH)–C–C–N with tert-alkyl or cyclic N) is 1. The number of rotatable bonds is 7. The summed E-state index contributed by atoms with van der Waals surface area (Å²) in [5, 5.41) is 12.9. The molecule has 2 aromatic rings. The molecule has 0 unspecified atom stereocenters. The molecule has 5 nitrogen and oxygen atoms in total. The third-order valence-corrected chi connectivity index (χ3v) is 4.93. The van der Waals surface area contributed by atoms with E-state index in [-0.39, 0.29) is 18.2 Å². The molecule has 1 saturated heterocycles. The Bertz CT molecular complexity index is 795. The fraction of sp³-hybridized carbons (Fsp3) is 0.364. The predicted molar refractivity (Wildman–Crippen MR) is 106 cm³/mol. The monoisotopic (exact) mass is 366 g/mol. The van der Waals surface area contributed by atoms with Crippen LogP contribution in [0, 0.1) is 0 Å². The molecule has 1 aliphatic rings. The molecule has 1 atom stereocenters. The van der Waals surface area contributed by atoms with Gasteiger partial charge in [-0.25, -0.2) is 0 Å². The zero-order valence-electron chi connectivity index (χ0n) is 15.6. The molecule has 1 heterocycles. The molecule has 0 aromatic heterocycles. The average molecular weight is 366 g/mol. The van der Waals surface area contributed by atoms with E-state index in [9.17, 15) is 14.7 Å². The Labute approximate surface area is 160 Å². The van der Waals surface area contributed by atoms with Gasteiger partial charge in [0.15, 0.2) is 5.78 Å². The Morgan fingerprint density at radius 1 is 1.07 bits per heavy atom. The van der Waals surface area contributed by atoms with Crippen molar-refractivity contribution in [2.75, 3.05) is 26.2 Å². The van der Waals surface area contributed by atoms with Gasteiger partial charge in [-0.05, 0) is 56.1 Å². The van der Waals surface area contributed by atoms with Gasteiger partial charge >= 0.3 is 0 Å². The van der Waals surface area contributed by atoms with Crippen molar-refractivity contribution in [3.8, 4) is 11.1 Å². The normalized spacial score (nSPS) is 15.5. The van der Waals surface area contributed by atoms with E-state index in [1.54, 1.807) is 25.1 Å². The third-order valence-electron chi connectivity index (χ3n) is 4.93. The number of ketones is 1. The third kappa shape index (κ3) is 5.02. The fourth-order valence-corrected chi connectivity index (χ4v) is 3.48. The molecule has 0 saturated carbocycles. The number of benzene rings is 2. The molecular formula is C22H26N2O3. The first-order valence-electron chi connectivity index (χ1n) is 9.43. The minimum Gasteiger partial charge on any atom is -0.390 e. The first kappa shape index (κ1) is 19.3. The van der Waals surface area contributed by atoms with Crippen LogP contribution in [0.15, 0.2) is 48.5 Å². The second-order valence-corrected chi connectivity index (χ2v) is 7.05. The van der Waals surface area contributed by atoms with Gasteiger partial charge in [0.25, 0.3) is 5.91 Å². The van der Waals surface area contributed by atoms with Gasteiger partial charge in [-0.3, -0.25) is 9.59 Å². The molecular weight excluding hydrogens is 340 g/mol. The van der Waals surface area contributed by atoms with E-state index in [0.717, 1.165) is 24.2 Å². The zero-order valence-corrected chi connectivity index (χ0v) is 15.6. The van der Waals surface area contributed by atoms with Crippen LogP contribution in [-0.4, -0.2) is 54.0 Å². The van der Waals surface area contributed by atoms with Crippen LogP contribution in [0.1, 0.15) is 40.5 Å². The lowest BCUT2D eigenvalue weighted by molar-refractivity contribution is 0.0879. The van der Waals surface area contributed by atoms with E-state index in [1.807, 2.05) is 30.3 Å². The Morgan fingerprint density at radius 2 is 1.74 bits per heavy atom. The maximum atomic E-state index is 12.3. The van der Waals surface area contributed by atoms with Crippen LogP contribution in [0.4, 0.5) is 0 Å². The van der Waals surface area contributed by atoms with Crippen molar-refractivity contribution in [2.24, 2.45) is 0 Å². The van der Waals surface area contributed by atoms with Crippen LogP contribution in [0.3, 0.4) is 0 Å². The van der Waals surface area contributed by atoms with Crippen LogP contribution >= 0.6 is 0 Å². The number of carbonyl (C=O) groups excluding carboxylic acids is 2. The number of nitrogens with one attached hydrogen (secondary N) is 1. The van der Waals surface area contributed by atoms with Crippen molar-refractivity contribution in [1.82, 2.24) is 10.2 Å². The highest BCUT2D eigenvalue weighted by Crippen LogP contribution is 2.24. The van der Waals surface area contributed by atoms with E-state index in [1.165, 1.54) is 12.8 Å². The minimum atomic E-state index is -0.561. The van der Waals surface area contributed by atoms with E-state index >= 15 is 0 Å². The van der Waals surface area contributed by atoms with Crippen LogP contribution in [0.2, 0.25) is 0 Å². The topological polar surface area (TPSA) is 69.6 Å². The van der Waals surface area contributed by atoms with E-state index in [4.69, 9.17) is 0 Å². The Morgan fingerprint density at radius 3 is 2.41 bits per heavy atom. The van der Waals surface area contributed by atoms with Crippen LogP contribution in [0.5, 0.6) is 0 Å². The molecule has 2 N–H and O–H groups in total. The summed E-state index contributed by atoms with van der Waals surface area (Å²) in [6, 6.07) is 14.6. The number of aliphatic hydroxyl groups excluding tert-OH is 1. The summed E-state index contributed by atoms with van der Waals surface area (Å²) in [4.78, 5) is 26.3. The van der Waals surface area contributed by atoms with Gasteiger partial charge in [-0.15, -0.1) is 0 Å². The molecule has 1 fully saturated rings. The van der Waals surface area contributed by atoms with Gasteiger partial charge < -0.3 is 15.3 Å². The molecule has 142 valence electrons. The number of aliphatic hydroxyl groups is 1. The standard InChI is InChI=1S/C22H26N2O3/c1-16(25)20-6-2-3-7-21(20)17-8-10-18(11-9-17)22(27)23-14-19(26)15-24-12-4-5-13-24/h2-3,6-11,19,26H,4-5,12-15H2,1H3,(H,23,27)/t19-/m1/s1. The molecule has 0 spiro atoms. The average Bonchev–Trinajstić information content (AvgIpc) is 3.19. The predicted octanol–water partition coefficient (Wildman–Crippen LogP) is 2.74. The highest BCUT2D eigenvalue weighted by molar-refractivity contribution is 6.01. The van der Waals surface area contributed by atoms with E-state index in [2.05, 4.69) is 10.2 Å². The zero-order chi connectivity index (χ0) is 19.2. The van der Waals surface area contributed by atoms with Gasteiger partial charge in [-0.2, -0.15) is 0 Å². The van der Waals surface area contributed by atoms with Gasteiger partial charge in [0.1, 0.15) is 0 Å². The molecule has 0 bridgehead atoms. The number of likely N-dealkylation sites (tertiary alicyclic amines) is 1. The Kier molecular flexibility index (Phi) is 6.37. The molecule has 1 aliphatic heterocycles. The van der Waals surface area contributed by atoms with Gasteiger partial charge in [-0.1, -0.05) is 36.4 Å². The van der Waals surface area contributed by atoms with Gasteiger partial charge in [0, 0.05) is 24.2 Å². The fourth-order valence-electron chi connectivity index (χ4n) is 3.48. The van der Waals surface area contributed by atoms with Crippen LogP contribution in [-0.2, 0) is 0 Å². The number of amides is 1. The first-order valence-corrected chi connectivity index (χ1v) is 9.43. The second-order valence-electron chi connectivity index (χ2n) is 7.05. The summed E-state index contributed by atoms with van der Waals surface area (Å²) < 4.78 is 0. The lowest BCUT2D eigenvalue weighted by Crippen LogP contribution is -2.39. The summed E-state index contributed by atoms with van der Waals surface area (Å²) in [7, 11) is 0. The Balaban J connectivity index is 1.60.